The number of carbonyl (C=O) groups is 1. The molecule has 1 saturated heterocycles. The van der Waals surface area contributed by atoms with E-state index in [0.29, 0.717) is 30.8 Å². The molecular weight excluding hydrogens is 338 g/mol. The van der Waals surface area contributed by atoms with Crippen LogP contribution >= 0.6 is 0 Å². The third-order valence-corrected chi connectivity index (χ3v) is 6.85. The van der Waals surface area contributed by atoms with E-state index in [1.807, 2.05) is 12.1 Å². The highest BCUT2D eigenvalue weighted by Gasteiger charge is 2.33. The van der Waals surface area contributed by atoms with Crippen LogP contribution in [0, 0.1) is 5.92 Å². The Labute approximate surface area is 149 Å². The molecule has 1 fully saturated rings. The molecule has 1 aromatic carbocycles. The Morgan fingerprint density at radius 3 is 2.60 bits per heavy atom. The molecule has 0 bridgehead atoms. The lowest BCUT2D eigenvalue weighted by Crippen LogP contribution is -2.40. The van der Waals surface area contributed by atoms with Crippen molar-refractivity contribution in [3.63, 3.8) is 0 Å². The molecule has 1 aromatic rings. The van der Waals surface area contributed by atoms with Crippen molar-refractivity contribution in [2.75, 3.05) is 19.7 Å². The van der Waals surface area contributed by atoms with Crippen molar-refractivity contribution in [3.05, 3.63) is 41.5 Å². The van der Waals surface area contributed by atoms with Crippen LogP contribution < -0.4 is 0 Å². The van der Waals surface area contributed by atoms with Crippen LogP contribution in [0.5, 0.6) is 0 Å². The van der Waals surface area contributed by atoms with E-state index in [9.17, 15) is 13.2 Å². The monoisotopic (exact) mass is 363 g/mol. The average molecular weight is 363 g/mol. The van der Waals surface area contributed by atoms with Crippen LogP contribution in [0.1, 0.15) is 37.3 Å². The van der Waals surface area contributed by atoms with Gasteiger partial charge in [-0.25, -0.2) is 8.42 Å². The highest BCUT2D eigenvalue weighted by molar-refractivity contribution is 7.89. The summed E-state index contributed by atoms with van der Waals surface area (Å²) in [4.78, 5) is 12.4. The number of ether oxygens (including phenoxy) is 1. The summed E-state index contributed by atoms with van der Waals surface area (Å²) in [5.41, 5.74) is 3.21. The van der Waals surface area contributed by atoms with E-state index in [1.54, 1.807) is 13.0 Å². The molecule has 0 radical (unpaired) electrons. The molecule has 1 aliphatic carbocycles. The first kappa shape index (κ1) is 18.1. The highest BCUT2D eigenvalue weighted by Crippen LogP contribution is 2.28. The standard InChI is InChI=1S/C19H25NO4S/c1-14(2)13-24-19(21)16-8-10-20(11-9-16)25(22,23)18-7-6-15-4-3-5-17(15)12-18/h6-7,12,16H,1,3-5,8-11,13H2,2H3. The molecule has 1 heterocycles. The van der Waals surface area contributed by atoms with Gasteiger partial charge < -0.3 is 4.74 Å². The molecule has 3 rings (SSSR count). The highest BCUT2D eigenvalue weighted by atomic mass is 32.2. The molecule has 25 heavy (non-hydrogen) atoms. The Morgan fingerprint density at radius 2 is 1.92 bits per heavy atom. The second kappa shape index (κ2) is 7.30. The van der Waals surface area contributed by atoms with Gasteiger partial charge in [-0.2, -0.15) is 4.31 Å². The molecule has 0 atom stereocenters. The first-order valence-corrected chi connectivity index (χ1v) is 10.2. The zero-order valence-corrected chi connectivity index (χ0v) is 15.5. The van der Waals surface area contributed by atoms with E-state index in [4.69, 9.17) is 4.74 Å². The van der Waals surface area contributed by atoms with Gasteiger partial charge >= 0.3 is 5.97 Å². The van der Waals surface area contributed by atoms with E-state index < -0.39 is 10.0 Å². The Balaban J connectivity index is 1.64. The topological polar surface area (TPSA) is 63.7 Å². The van der Waals surface area contributed by atoms with E-state index in [2.05, 4.69) is 6.58 Å². The number of esters is 1. The number of aryl methyl sites for hydroxylation is 2. The lowest BCUT2D eigenvalue weighted by Gasteiger charge is -2.30. The zero-order valence-electron chi connectivity index (χ0n) is 14.7. The second-order valence-corrected chi connectivity index (χ2v) is 8.97. The van der Waals surface area contributed by atoms with Crippen molar-refractivity contribution in [2.45, 2.75) is 43.9 Å². The Kier molecular flexibility index (Phi) is 5.29. The average Bonchev–Trinajstić information content (AvgIpc) is 3.07. The summed E-state index contributed by atoms with van der Waals surface area (Å²) >= 11 is 0. The predicted molar refractivity (Wildman–Crippen MR) is 95.7 cm³/mol. The summed E-state index contributed by atoms with van der Waals surface area (Å²) in [6.07, 6.45) is 4.08. The van der Waals surface area contributed by atoms with Gasteiger partial charge in [0.2, 0.25) is 10.0 Å². The third kappa shape index (κ3) is 3.96. The van der Waals surface area contributed by atoms with Crippen molar-refractivity contribution >= 4 is 16.0 Å². The molecule has 1 aliphatic heterocycles. The SMILES string of the molecule is C=C(C)COC(=O)C1CCN(S(=O)(=O)c2ccc3c(c2)CCC3)CC1. The summed E-state index contributed by atoms with van der Waals surface area (Å²) in [6, 6.07) is 5.48. The number of hydrogen-bond donors (Lipinski definition) is 0. The van der Waals surface area contributed by atoms with Gasteiger partial charge in [0, 0.05) is 13.1 Å². The van der Waals surface area contributed by atoms with E-state index in [1.165, 1.54) is 9.87 Å². The van der Waals surface area contributed by atoms with Crippen molar-refractivity contribution in [1.29, 1.82) is 0 Å². The van der Waals surface area contributed by atoms with Crippen molar-refractivity contribution < 1.29 is 17.9 Å². The Bertz CT molecular complexity index is 777. The fourth-order valence-corrected chi connectivity index (χ4v) is 5.02. The molecule has 0 spiro atoms. The summed E-state index contributed by atoms with van der Waals surface area (Å²) in [7, 11) is -3.49. The Hall–Kier alpha value is -1.66. The normalized spacial score (nSPS) is 18.8. The van der Waals surface area contributed by atoms with Gasteiger partial charge in [-0.3, -0.25) is 4.79 Å². The number of rotatable bonds is 5. The van der Waals surface area contributed by atoms with Gasteiger partial charge in [0.05, 0.1) is 10.8 Å². The lowest BCUT2D eigenvalue weighted by atomic mass is 9.98. The van der Waals surface area contributed by atoms with Crippen LogP contribution in [-0.4, -0.2) is 38.4 Å². The van der Waals surface area contributed by atoms with Crippen LogP contribution in [0.15, 0.2) is 35.2 Å². The van der Waals surface area contributed by atoms with Crippen LogP contribution in [0.2, 0.25) is 0 Å². The van der Waals surface area contributed by atoms with E-state index >= 15 is 0 Å². The first-order chi connectivity index (χ1) is 11.9. The number of carbonyl (C=O) groups excluding carboxylic acids is 1. The second-order valence-electron chi connectivity index (χ2n) is 7.03. The summed E-state index contributed by atoms with van der Waals surface area (Å²) in [5, 5.41) is 0. The molecule has 0 N–H and O–H groups in total. The van der Waals surface area contributed by atoms with Crippen LogP contribution in [0.3, 0.4) is 0 Å². The molecule has 0 amide bonds. The van der Waals surface area contributed by atoms with E-state index in [-0.39, 0.29) is 18.5 Å². The van der Waals surface area contributed by atoms with Gasteiger partial charge in [-0.1, -0.05) is 12.6 Å². The summed E-state index contributed by atoms with van der Waals surface area (Å²) in [5.74, 6) is -0.483. The molecule has 2 aliphatic rings. The minimum atomic E-state index is -3.49. The van der Waals surface area contributed by atoms with Gasteiger partial charge in [-0.15, -0.1) is 0 Å². The van der Waals surface area contributed by atoms with Crippen LogP contribution in [0.4, 0.5) is 0 Å². The first-order valence-electron chi connectivity index (χ1n) is 8.81. The number of piperidine rings is 1. The Morgan fingerprint density at radius 1 is 1.24 bits per heavy atom. The van der Waals surface area contributed by atoms with Crippen molar-refractivity contribution in [2.24, 2.45) is 5.92 Å². The third-order valence-electron chi connectivity index (χ3n) is 4.96. The maximum Gasteiger partial charge on any atom is 0.309 e. The number of sulfonamides is 1. The molecular formula is C19H25NO4S. The molecule has 0 unspecified atom stereocenters. The van der Waals surface area contributed by atoms with Gasteiger partial charge in [0.25, 0.3) is 0 Å². The van der Waals surface area contributed by atoms with Crippen LogP contribution in [0.25, 0.3) is 0 Å². The van der Waals surface area contributed by atoms with Crippen LogP contribution in [-0.2, 0) is 32.4 Å². The summed E-state index contributed by atoms with van der Waals surface area (Å²) in [6.45, 7) is 6.45. The predicted octanol–water partition coefficient (Wildman–Crippen LogP) is 2.70. The maximum atomic E-state index is 12.9. The van der Waals surface area contributed by atoms with Crippen molar-refractivity contribution in [1.82, 2.24) is 4.31 Å². The maximum absolute atomic E-state index is 12.9. The van der Waals surface area contributed by atoms with Crippen molar-refractivity contribution in [3.8, 4) is 0 Å². The fraction of sp³-hybridized carbons (Fsp3) is 0.526. The minimum absolute atomic E-state index is 0.229. The molecule has 0 saturated carbocycles. The fourth-order valence-electron chi connectivity index (χ4n) is 3.50. The smallest absolute Gasteiger partial charge is 0.309 e. The van der Waals surface area contributed by atoms with Gasteiger partial charge in [0.15, 0.2) is 0 Å². The quantitative estimate of drug-likeness (QED) is 0.596. The minimum Gasteiger partial charge on any atom is -0.461 e. The molecule has 6 heteroatoms. The number of hydrogen-bond acceptors (Lipinski definition) is 4. The van der Waals surface area contributed by atoms with Gasteiger partial charge in [-0.05, 0) is 67.9 Å². The number of fused-ring (bicyclic) bond motifs is 1. The molecule has 5 nitrogen and oxygen atoms in total. The lowest BCUT2D eigenvalue weighted by molar-refractivity contribution is -0.148. The largest absolute Gasteiger partial charge is 0.461 e. The number of benzene rings is 1. The number of nitrogens with zero attached hydrogens (tertiary/aromatic N) is 1. The molecule has 0 aromatic heterocycles. The van der Waals surface area contributed by atoms with Gasteiger partial charge in [0.1, 0.15) is 6.61 Å². The van der Waals surface area contributed by atoms with E-state index in [0.717, 1.165) is 30.4 Å². The zero-order chi connectivity index (χ0) is 18.0. The molecule has 136 valence electrons. The summed E-state index contributed by atoms with van der Waals surface area (Å²) < 4.78 is 32.4.